The van der Waals surface area contributed by atoms with Crippen LogP contribution in [0.5, 0.6) is 23.0 Å². The van der Waals surface area contributed by atoms with Crippen LogP contribution in [0.15, 0.2) is 127 Å². The summed E-state index contributed by atoms with van der Waals surface area (Å²) in [4.78, 5) is 179. The van der Waals surface area contributed by atoms with Crippen molar-refractivity contribution in [1.29, 1.82) is 0 Å². The smallest absolute Gasteiger partial charge is 0.308 e. The Balaban J connectivity index is 0.0000300. The number of carbonyl (C=O) groups is 12. The number of hydrogen-bond donors (Lipinski definition) is 8. The van der Waals surface area contributed by atoms with Gasteiger partial charge < -0.3 is 75.9 Å². The zero-order valence-corrected chi connectivity index (χ0v) is 86.7. The lowest BCUT2D eigenvalue weighted by molar-refractivity contribution is -0.157. The third-order valence-corrected chi connectivity index (χ3v) is 23.4. The number of hydrogen-bond acceptors (Lipinski definition) is 24. The van der Waals surface area contributed by atoms with E-state index in [2.05, 4.69) is 79.3 Å². The van der Waals surface area contributed by atoms with E-state index < -0.39 is 222 Å². The summed E-state index contributed by atoms with van der Waals surface area (Å²) in [6.07, 6.45) is -2.65. The van der Waals surface area contributed by atoms with Crippen LogP contribution in [0, 0.1) is 36.9 Å². The number of nitrogens with zero attached hydrogens (tertiary/aromatic N) is 3. The maximum atomic E-state index is 16.3. The Bertz CT molecular complexity index is 5280. The molecule has 0 radical (unpaired) electrons. The van der Waals surface area contributed by atoms with Crippen molar-refractivity contribution in [2.24, 2.45) is 28.7 Å². The van der Waals surface area contributed by atoms with Crippen molar-refractivity contribution in [1.82, 2.24) is 47.2 Å². The van der Waals surface area contributed by atoms with Gasteiger partial charge in [-0.15, -0.1) is 10.2 Å². The molecular weight excluding hydrogens is 1810 g/mol. The second kappa shape index (κ2) is 54.4. The van der Waals surface area contributed by atoms with Crippen molar-refractivity contribution < 1.29 is 99.8 Å². The Morgan fingerprint density at radius 2 is 1.14 bits per heavy atom. The topological polar surface area (TPSA) is 445 Å². The first-order valence-electron chi connectivity index (χ1n) is 48.0. The minimum atomic E-state index is -2.01. The molecule has 0 spiro atoms. The van der Waals surface area contributed by atoms with Crippen LogP contribution in [0.3, 0.4) is 0 Å². The van der Waals surface area contributed by atoms with Gasteiger partial charge in [0.1, 0.15) is 46.5 Å². The highest BCUT2D eigenvalue weighted by molar-refractivity contribution is 7.59. The molecule has 0 aliphatic rings. The van der Waals surface area contributed by atoms with Crippen LogP contribution < -0.4 is 57.0 Å². The van der Waals surface area contributed by atoms with Gasteiger partial charge in [0.15, 0.2) is 41.3 Å². The minimum Gasteiger partial charge on any atom is -0.497 e. The first kappa shape index (κ1) is 117. The number of benzene rings is 6. The molecule has 0 aliphatic heterocycles. The van der Waals surface area contributed by atoms with Crippen LogP contribution in [-0.4, -0.2) is 196 Å². The third-order valence-electron chi connectivity index (χ3n) is 23.4. The summed E-state index contributed by atoms with van der Waals surface area (Å²) < 4.78 is 64.7. The van der Waals surface area contributed by atoms with Crippen molar-refractivity contribution in [2.45, 2.75) is 324 Å². The lowest BCUT2D eigenvalue weighted by Gasteiger charge is -2.36. The van der Waals surface area contributed by atoms with Gasteiger partial charge in [0.25, 0.3) is 5.91 Å². The highest BCUT2D eigenvalue weighted by Gasteiger charge is 2.45. The molecule has 1 aromatic heterocycles. The number of aromatic nitrogens is 4. The van der Waals surface area contributed by atoms with Gasteiger partial charge in [-0.3, -0.25) is 57.5 Å². The number of nitrogens with one attached hydrogen (secondary N) is 6. The Kier molecular flexibility index (Phi) is 45.5. The first-order chi connectivity index (χ1) is 65.2. The molecule has 0 saturated carbocycles. The number of carbonyl (C=O) groups excluding carboxylic acids is 12. The quantitative estimate of drug-likeness (QED) is 0.0130. The number of ketones is 5. The van der Waals surface area contributed by atoms with Gasteiger partial charge in [0.05, 0.1) is 98.4 Å². The van der Waals surface area contributed by atoms with Gasteiger partial charge in [-0.2, -0.15) is 18.7 Å². The fraction of sp³-hybridized carbons (Fsp3) is 0.542. The van der Waals surface area contributed by atoms with Crippen LogP contribution in [-0.2, 0) is 109 Å². The highest BCUT2D eigenvalue weighted by atomic mass is 32.1. The van der Waals surface area contributed by atoms with Crippen molar-refractivity contribution in [3.8, 4) is 34.1 Å². The number of methoxy groups -OCH3 is 2. The number of esters is 1. The van der Waals surface area contributed by atoms with Gasteiger partial charge in [0, 0.05) is 68.4 Å². The summed E-state index contributed by atoms with van der Waals surface area (Å²) in [7, 11) is 3.01. The fourth-order valence-electron chi connectivity index (χ4n) is 16.6. The van der Waals surface area contributed by atoms with Gasteiger partial charge in [0.2, 0.25) is 29.5 Å². The van der Waals surface area contributed by atoms with E-state index in [1.165, 1.54) is 66.2 Å². The number of primary amides is 1. The number of H-pyrrole nitrogens is 1. The van der Waals surface area contributed by atoms with Gasteiger partial charge in [-0.25, -0.2) is 4.39 Å². The molecule has 6 aromatic carbocycles. The number of Topliss-reactive ketones (excluding diaryl/α,β-unsaturated/α-hetero) is 5. The number of nitrogens with two attached hydrogens (primary N) is 2. The molecule has 1 unspecified atom stereocenters. The second-order valence-corrected chi connectivity index (χ2v) is 40.4. The molecule has 1 heterocycles. The Morgan fingerprint density at radius 3 is 1.71 bits per heavy atom. The van der Waals surface area contributed by atoms with Crippen molar-refractivity contribution in [3.63, 3.8) is 0 Å². The van der Waals surface area contributed by atoms with E-state index >= 15 is 38.0 Å². The van der Waals surface area contributed by atoms with Crippen LogP contribution in [0.1, 0.15) is 258 Å². The fourth-order valence-corrected chi connectivity index (χ4v) is 16.6. The largest absolute Gasteiger partial charge is 0.497 e. The molecule has 0 fully saturated rings. The second-order valence-electron chi connectivity index (χ2n) is 40.4. The Hall–Kier alpha value is -11.7. The molecule has 12 atom stereocenters. The van der Waals surface area contributed by atoms with E-state index in [-0.39, 0.29) is 57.2 Å². The maximum Gasteiger partial charge on any atom is 0.308 e. The monoisotopic (exact) mass is 1960 g/mol. The zero-order valence-electron chi connectivity index (χ0n) is 85.7. The minimum absolute atomic E-state index is 0. The summed E-state index contributed by atoms with van der Waals surface area (Å²) in [6.45, 7) is 34.0. The van der Waals surface area contributed by atoms with Crippen molar-refractivity contribution in [3.05, 3.63) is 184 Å². The number of halogens is 1. The number of amides is 6. The van der Waals surface area contributed by atoms with E-state index in [0.717, 1.165) is 58.4 Å². The van der Waals surface area contributed by atoms with E-state index in [4.69, 9.17) is 49.4 Å². The number of rotatable bonds is 57. The summed E-state index contributed by atoms with van der Waals surface area (Å²) in [5.74, 6) is -11.5. The highest BCUT2D eigenvalue weighted by Crippen LogP contribution is 2.40. The first-order valence-corrected chi connectivity index (χ1v) is 48.0. The molecule has 7 rings (SSSR count). The molecule has 10 N–H and O–H groups in total. The van der Waals surface area contributed by atoms with Gasteiger partial charge in [-0.1, -0.05) is 135 Å². The third kappa shape index (κ3) is 39.1. The number of aryl methyl sites for hydroxylation is 4. The molecule has 766 valence electrons. The molecule has 0 bridgehead atoms. The average molecular weight is 1960 g/mol. The summed E-state index contributed by atoms with van der Waals surface area (Å²) in [5.41, 5.74) is 12.9. The van der Waals surface area contributed by atoms with Crippen LogP contribution in [0.2, 0.25) is 0 Å². The SMILES string of the molecule is CCCCCOc1ccc(-c2ccc(C[C@H](CC(=O)[C@H](CC(=O)OC(C)(C)C)NC(=O)[C@H](COC(C)(C)C)CC(=O)[C@@H](NC(=O)[C@@](C)(CC(=O)[C@@H](NC(=O)CCC(=O)[C@H](Cc3nn[nH]n3)NC(=O)[C@H](C)N)[C@@H](C)OC(C)(C)C)Cc3ccccc3F)[C@@H](C)OC(C)(C)C)C(=O)N[C@@H](CCCc3cc(C)cc(C)c3)C(=O)CC(c3ccc(OCC(N)=O)cc3)c3ccc(OC)cc3OC)cc2)c(CC)c1.S. The number of tetrazole rings is 1. The standard InChI is InChI=1S/C107H148FN11O20.H2S/c1-23-25-28-48-134-79-43-44-80(71(24-2)53-79)72-36-34-69(35-37-72)52-75(100(129)111-84(33-29-30-70-50-64(3)49-65(4)51-70)89(122)57-82(81-45-42-78(132-21)56-92(81)133-22)73-38-40-77(41-39-73)135-63-93(110)125)54-88(121)86(59-96(127)139-106(17,18)19)113-101(130)76(62-136-103(8,9)10)55-90(123)97(67(6)137-104(11,12)13)115-102(131)107(20,60-74-31-26-27-32-83(74)108)61-91(124)98(68(7)138-105(14,15)16)114-95(126)47-46-87(120)85(112-99(128)66(5)109)58-94-116-118-119-117-94;/h26-27,31-32,34-45,49-51,53,56,66-68,75-76,82,84-86,97-98H,23-25,28-30,33,46-48,52,54-55,57-63,109H2,1-22H3,(H2,110,125)(H,111,129)(H,112,128)(H,113,130)(H,114,126)(H,115,131)(H,116,117,118,119);1H2/t66-,67+,68+,75+,76-,82?,84-,85-,86-,97-,98-,107+;/m0./s1. The van der Waals surface area contributed by atoms with E-state index in [1.54, 1.807) is 126 Å². The molecule has 31 nitrogen and oxygen atoms in total. The van der Waals surface area contributed by atoms with Crippen LogP contribution >= 0.6 is 13.5 Å². The predicted octanol–water partition coefficient (Wildman–Crippen LogP) is 13.8. The predicted molar refractivity (Wildman–Crippen MR) is 538 cm³/mol. The number of ether oxygens (including phenoxy) is 8. The van der Waals surface area contributed by atoms with Crippen LogP contribution in [0.25, 0.3) is 11.1 Å². The zero-order chi connectivity index (χ0) is 103. The molecule has 7 aromatic rings. The van der Waals surface area contributed by atoms with Crippen molar-refractivity contribution in [2.75, 3.05) is 34.0 Å². The number of aromatic amines is 1. The van der Waals surface area contributed by atoms with Gasteiger partial charge >= 0.3 is 5.97 Å². The Morgan fingerprint density at radius 1 is 0.536 bits per heavy atom. The number of unbranched alkanes of at least 4 members (excludes halogenated alkanes) is 2. The molecule has 0 saturated heterocycles. The van der Waals surface area contributed by atoms with Crippen molar-refractivity contribution >= 4 is 83.8 Å². The summed E-state index contributed by atoms with van der Waals surface area (Å²) >= 11 is 0. The maximum absolute atomic E-state index is 16.3. The normalized spacial score (nSPS) is 14.6. The van der Waals surface area contributed by atoms with Gasteiger partial charge in [-0.05, 0) is 238 Å². The molecule has 140 heavy (non-hydrogen) atoms. The molecular formula is C107H150FN11O20S. The lowest BCUT2D eigenvalue weighted by Crippen LogP contribution is -2.57. The lowest BCUT2D eigenvalue weighted by atomic mass is 9.76. The average Bonchev–Trinajstić information content (AvgIpc) is 0.865. The summed E-state index contributed by atoms with van der Waals surface area (Å²) in [5, 5.41) is 27.7. The van der Waals surface area contributed by atoms with Crippen LogP contribution in [0.4, 0.5) is 4.39 Å². The Labute approximate surface area is 831 Å². The molecule has 6 amide bonds. The van der Waals surface area contributed by atoms with E-state index in [1.807, 2.05) is 56.3 Å². The summed E-state index contributed by atoms with van der Waals surface area (Å²) in [6, 6.07) is 28.9. The van der Waals surface area contributed by atoms with E-state index in [9.17, 15) is 24.0 Å². The van der Waals surface area contributed by atoms with E-state index in [0.29, 0.717) is 59.8 Å². The molecule has 0 aliphatic carbocycles. The molecule has 33 heteroatoms.